The number of rotatable bonds is 9. The molecule has 0 aliphatic rings. The first-order valence-electron chi connectivity index (χ1n) is 7.98. The number of carbonyl (C=O) groups excluding carboxylic acids is 2. The molecule has 0 radical (unpaired) electrons. The summed E-state index contributed by atoms with van der Waals surface area (Å²) in [5.41, 5.74) is 5.49. The van der Waals surface area contributed by atoms with E-state index in [1.165, 1.54) is 33.5 Å². The van der Waals surface area contributed by atoms with Crippen LogP contribution in [0.15, 0.2) is 42.5 Å². The first-order valence-corrected chi connectivity index (χ1v) is 7.98. The van der Waals surface area contributed by atoms with E-state index in [1.807, 2.05) is 0 Å². The standard InChI is InChI=1S/C19H21NO7/c1-23-14-9-12(10-15(24-2)17(14)25-3)19(22)26-11-16(18(20)21)27-13-7-5-4-6-8-13/h4-10,16H,11H2,1-3H3,(H2,20,21). The predicted octanol–water partition coefficient (Wildman–Crippen LogP) is 1.80. The van der Waals surface area contributed by atoms with E-state index in [2.05, 4.69) is 0 Å². The highest BCUT2D eigenvalue weighted by molar-refractivity contribution is 5.91. The van der Waals surface area contributed by atoms with Crippen molar-refractivity contribution in [1.29, 1.82) is 0 Å². The summed E-state index contributed by atoms with van der Waals surface area (Å²) in [6.45, 7) is -0.347. The van der Waals surface area contributed by atoms with Crippen LogP contribution in [-0.2, 0) is 9.53 Å². The molecule has 0 saturated carbocycles. The van der Waals surface area contributed by atoms with Gasteiger partial charge in [-0.2, -0.15) is 0 Å². The second kappa shape index (κ2) is 9.33. The third-order valence-electron chi connectivity index (χ3n) is 3.61. The summed E-state index contributed by atoms with van der Waals surface area (Å²) in [6.07, 6.45) is -1.13. The average molecular weight is 375 g/mol. The Hall–Kier alpha value is -3.42. The van der Waals surface area contributed by atoms with Crippen molar-refractivity contribution < 1.29 is 33.3 Å². The number of para-hydroxylation sites is 1. The molecule has 0 bridgehead atoms. The number of hydrogen-bond acceptors (Lipinski definition) is 7. The maximum absolute atomic E-state index is 12.4. The Morgan fingerprint density at radius 3 is 2.04 bits per heavy atom. The second-order valence-electron chi connectivity index (χ2n) is 5.33. The fraction of sp³-hybridized carbons (Fsp3) is 0.263. The molecular formula is C19H21NO7. The molecule has 2 aromatic carbocycles. The minimum Gasteiger partial charge on any atom is -0.493 e. The fourth-order valence-electron chi connectivity index (χ4n) is 2.27. The molecular weight excluding hydrogens is 354 g/mol. The number of carbonyl (C=O) groups is 2. The van der Waals surface area contributed by atoms with Crippen molar-refractivity contribution >= 4 is 11.9 Å². The molecule has 8 heteroatoms. The van der Waals surface area contributed by atoms with E-state index < -0.39 is 18.0 Å². The Morgan fingerprint density at radius 1 is 0.963 bits per heavy atom. The van der Waals surface area contributed by atoms with Crippen molar-refractivity contribution in [3.63, 3.8) is 0 Å². The van der Waals surface area contributed by atoms with Gasteiger partial charge in [0.25, 0.3) is 5.91 Å². The lowest BCUT2D eigenvalue weighted by Crippen LogP contribution is -2.38. The highest BCUT2D eigenvalue weighted by atomic mass is 16.6. The van der Waals surface area contributed by atoms with Gasteiger partial charge in [-0.1, -0.05) is 18.2 Å². The Morgan fingerprint density at radius 2 is 1.56 bits per heavy atom. The van der Waals surface area contributed by atoms with E-state index in [-0.39, 0.29) is 12.2 Å². The summed E-state index contributed by atoms with van der Waals surface area (Å²) >= 11 is 0. The molecule has 1 atom stereocenters. The number of ether oxygens (including phenoxy) is 5. The van der Waals surface area contributed by atoms with E-state index >= 15 is 0 Å². The van der Waals surface area contributed by atoms with Gasteiger partial charge in [0, 0.05) is 0 Å². The number of methoxy groups -OCH3 is 3. The van der Waals surface area contributed by atoms with Gasteiger partial charge < -0.3 is 29.4 Å². The smallest absolute Gasteiger partial charge is 0.338 e. The van der Waals surface area contributed by atoms with Crippen LogP contribution in [0.5, 0.6) is 23.0 Å². The predicted molar refractivity (Wildman–Crippen MR) is 96.4 cm³/mol. The Balaban J connectivity index is 2.12. The Bertz CT molecular complexity index is 767. The zero-order valence-corrected chi connectivity index (χ0v) is 15.3. The van der Waals surface area contributed by atoms with Crippen LogP contribution in [-0.4, -0.2) is 45.9 Å². The van der Waals surface area contributed by atoms with Gasteiger partial charge in [0.2, 0.25) is 11.9 Å². The molecule has 2 aromatic rings. The highest BCUT2D eigenvalue weighted by Gasteiger charge is 2.22. The van der Waals surface area contributed by atoms with E-state index in [0.717, 1.165) is 0 Å². The lowest BCUT2D eigenvalue weighted by molar-refractivity contribution is -0.126. The van der Waals surface area contributed by atoms with Crippen LogP contribution < -0.4 is 24.7 Å². The zero-order valence-electron chi connectivity index (χ0n) is 15.3. The van der Waals surface area contributed by atoms with Gasteiger partial charge in [0.05, 0.1) is 26.9 Å². The molecule has 0 saturated heterocycles. The van der Waals surface area contributed by atoms with Crippen LogP contribution in [0.3, 0.4) is 0 Å². The SMILES string of the molecule is COc1cc(C(=O)OCC(Oc2ccccc2)C(N)=O)cc(OC)c1OC. The van der Waals surface area contributed by atoms with E-state index in [4.69, 9.17) is 29.4 Å². The summed E-state index contributed by atoms with van der Waals surface area (Å²) in [6, 6.07) is 11.5. The lowest BCUT2D eigenvalue weighted by atomic mass is 10.2. The van der Waals surface area contributed by atoms with Crippen LogP contribution in [0.1, 0.15) is 10.4 Å². The van der Waals surface area contributed by atoms with Crippen molar-refractivity contribution in [2.75, 3.05) is 27.9 Å². The summed E-state index contributed by atoms with van der Waals surface area (Å²) in [5, 5.41) is 0. The third-order valence-corrected chi connectivity index (χ3v) is 3.61. The molecule has 2 N–H and O–H groups in total. The minimum absolute atomic E-state index is 0.160. The van der Waals surface area contributed by atoms with Gasteiger partial charge in [0.15, 0.2) is 11.5 Å². The Labute approximate surface area is 156 Å². The summed E-state index contributed by atoms with van der Waals surface area (Å²) in [5.74, 6) is -0.0654. The van der Waals surface area contributed by atoms with Gasteiger partial charge in [-0.3, -0.25) is 4.79 Å². The van der Waals surface area contributed by atoms with Crippen molar-refractivity contribution in [3.05, 3.63) is 48.0 Å². The molecule has 0 heterocycles. The molecule has 0 fully saturated rings. The first kappa shape index (κ1) is 19.9. The molecule has 0 spiro atoms. The molecule has 144 valence electrons. The fourth-order valence-corrected chi connectivity index (χ4v) is 2.27. The van der Waals surface area contributed by atoms with Gasteiger partial charge in [-0.15, -0.1) is 0 Å². The monoisotopic (exact) mass is 375 g/mol. The van der Waals surface area contributed by atoms with Crippen LogP contribution in [0.2, 0.25) is 0 Å². The number of primary amides is 1. The van der Waals surface area contributed by atoms with Gasteiger partial charge in [-0.05, 0) is 24.3 Å². The van der Waals surface area contributed by atoms with Gasteiger partial charge in [0.1, 0.15) is 12.4 Å². The number of benzene rings is 2. The quantitative estimate of drug-likeness (QED) is 0.666. The van der Waals surface area contributed by atoms with E-state index in [1.54, 1.807) is 30.3 Å². The van der Waals surface area contributed by atoms with Gasteiger partial charge >= 0.3 is 5.97 Å². The maximum atomic E-state index is 12.4. The summed E-state index contributed by atoms with van der Waals surface area (Å²) < 4.78 is 26.3. The Kier molecular flexibility index (Phi) is 6.87. The summed E-state index contributed by atoms with van der Waals surface area (Å²) in [4.78, 5) is 24.0. The van der Waals surface area contributed by atoms with E-state index in [9.17, 15) is 9.59 Å². The normalized spacial score (nSPS) is 11.2. The van der Waals surface area contributed by atoms with Crippen LogP contribution in [0.25, 0.3) is 0 Å². The van der Waals surface area contributed by atoms with Crippen molar-refractivity contribution in [3.8, 4) is 23.0 Å². The van der Waals surface area contributed by atoms with E-state index in [0.29, 0.717) is 23.0 Å². The van der Waals surface area contributed by atoms with Gasteiger partial charge in [-0.25, -0.2) is 4.79 Å². The largest absolute Gasteiger partial charge is 0.493 e. The van der Waals surface area contributed by atoms with Crippen LogP contribution >= 0.6 is 0 Å². The zero-order chi connectivity index (χ0) is 19.8. The molecule has 1 unspecified atom stereocenters. The maximum Gasteiger partial charge on any atom is 0.338 e. The minimum atomic E-state index is -1.13. The molecule has 0 aromatic heterocycles. The molecule has 2 rings (SSSR count). The molecule has 8 nitrogen and oxygen atoms in total. The average Bonchev–Trinajstić information content (AvgIpc) is 2.70. The second-order valence-corrected chi connectivity index (χ2v) is 5.33. The van der Waals surface area contributed by atoms with Crippen LogP contribution in [0.4, 0.5) is 0 Å². The number of nitrogens with two attached hydrogens (primary N) is 1. The molecule has 27 heavy (non-hydrogen) atoms. The number of amides is 1. The number of hydrogen-bond donors (Lipinski definition) is 1. The molecule has 0 aliphatic carbocycles. The molecule has 1 amide bonds. The van der Waals surface area contributed by atoms with Crippen molar-refractivity contribution in [2.24, 2.45) is 5.73 Å². The molecule has 0 aliphatic heterocycles. The summed E-state index contributed by atoms with van der Waals surface area (Å²) in [7, 11) is 4.32. The lowest BCUT2D eigenvalue weighted by Gasteiger charge is -2.17. The number of esters is 1. The first-order chi connectivity index (χ1) is 13.0. The van der Waals surface area contributed by atoms with Crippen molar-refractivity contribution in [2.45, 2.75) is 6.10 Å². The topological polar surface area (TPSA) is 106 Å². The van der Waals surface area contributed by atoms with Crippen molar-refractivity contribution in [1.82, 2.24) is 0 Å². The third kappa shape index (κ3) is 5.04. The van der Waals surface area contributed by atoms with Crippen LogP contribution in [0, 0.1) is 0 Å². The highest BCUT2D eigenvalue weighted by Crippen LogP contribution is 2.38.